The summed E-state index contributed by atoms with van der Waals surface area (Å²) in [6.07, 6.45) is 4.85. The van der Waals surface area contributed by atoms with Crippen molar-refractivity contribution in [2.75, 3.05) is 26.2 Å². The van der Waals surface area contributed by atoms with Gasteiger partial charge in [-0.25, -0.2) is 4.79 Å². The molecule has 0 bridgehead atoms. The van der Waals surface area contributed by atoms with Gasteiger partial charge in [-0.05, 0) is 46.0 Å². The summed E-state index contributed by atoms with van der Waals surface area (Å²) in [6, 6.07) is -0.0453. The van der Waals surface area contributed by atoms with Crippen LogP contribution in [0.15, 0.2) is 4.42 Å². The minimum absolute atomic E-state index is 0.0663. The van der Waals surface area contributed by atoms with Crippen molar-refractivity contribution < 1.29 is 13.9 Å². The van der Waals surface area contributed by atoms with E-state index in [4.69, 9.17) is 9.15 Å². The Hall–Kier alpha value is -1.63. The highest BCUT2D eigenvalue weighted by molar-refractivity contribution is 5.75. The van der Waals surface area contributed by atoms with E-state index in [9.17, 15) is 4.79 Å². The number of nitrogens with zero attached hydrogens (tertiary/aromatic N) is 4. The van der Waals surface area contributed by atoms with Crippen LogP contribution in [0.4, 0.5) is 4.79 Å². The number of likely N-dealkylation sites (tertiary alicyclic amines) is 1. The number of amides is 2. The van der Waals surface area contributed by atoms with Crippen molar-refractivity contribution in [3.05, 3.63) is 11.8 Å². The van der Waals surface area contributed by atoms with Gasteiger partial charge in [-0.3, -0.25) is 0 Å². The Morgan fingerprint density at radius 2 is 1.96 bits per heavy atom. The van der Waals surface area contributed by atoms with Crippen LogP contribution in [0.1, 0.15) is 69.9 Å². The monoisotopic (exact) mass is 322 g/mol. The molecule has 128 valence electrons. The highest BCUT2D eigenvalue weighted by Crippen LogP contribution is 2.33. The predicted octanol–water partition coefficient (Wildman–Crippen LogP) is 2.91. The highest BCUT2D eigenvalue weighted by atomic mass is 16.5. The van der Waals surface area contributed by atoms with Gasteiger partial charge in [0.15, 0.2) is 0 Å². The van der Waals surface area contributed by atoms with E-state index in [-0.39, 0.29) is 18.2 Å². The first-order valence-corrected chi connectivity index (χ1v) is 8.75. The van der Waals surface area contributed by atoms with E-state index in [2.05, 4.69) is 10.2 Å². The second-order valence-corrected chi connectivity index (χ2v) is 6.14. The molecule has 0 spiro atoms. The smallest absolute Gasteiger partial charge is 0.320 e. The number of carbonyl (C=O) groups is 1. The molecular formula is C16H26N4O3. The first kappa shape index (κ1) is 16.2. The minimum atomic E-state index is -0.112. The van der Waals surface area contributed by atoms with Crippen molar-refractivity contribution in [1.82, 2.24) is 20.0 Å². The molecule has 2 amide bonds. The Balaban J connectivity index is 1.77. The van der Waals surface area contributed by atoms with Crippen LogP contribution in [0.25, 0.3) is 0 Å². The van der Waals surface area contributed by atoms with E-state index in [0.717, 1.165) is 45.3 Å². The molecule has 3 rings (SSSR count). The topological polar surface area (TPSA) is 71.7 Å². The molecule has 0 N–H and O–H groups in total. The molecule has 1 aromatic heterocycles. The lowest BCUT2D eigenvalue weighted by molar-refractivity contribution is 0.0808. The van der Waals surface area contributed by atoms with E-state index >= 15 is 0 Å². The van der Waals surface area contributed by atoms with E-state index in [1.165, 1.54) is 0 Å². The molecule has 2 atom stereocenters. The molecule has 0 aromatic carbocycles. The van der Waals surface area contributed by atoms with Crippen LogP contribution >= 0.6 is 0 Å². The van der Waals surface area contributed by atoms with Crippen molar-refractivity contribution in [2.24, 2.45) is 0 Å². The Bertz CT molecular complexity index is 523. The van der Waals surface area contributed by atoms with Crippen molar-refractivity contribution in [3.63, 3.8) is 0 Å². The van der Waals surface area contributed by atoms with Gasteiger partial charge in [-0.15, -0.1) is 10.2 Å². The third-order valence-electron chi connectivity index (χ3n) is 4.73. The number of hydrogen-bond donors (Lipinski definition) is 0. The van der Waals surface area contributed by atoms with Gasteiger partial charge in [-0.2, -0.15) is 0 Å². The lowest BCUT2D eigenvalue weighted by atomic mass is 10.0. The number of ether oxygens (including phenoxy) is 1. The van der Waals surface area contributed by atoms with Crippen molar-refractivity contribution in [3.8, 4) is 0 Å². The van der Waals surface area contributed by atoms with Crippen LogP contribution in [0.2, 0.25) is 0 Å². The molecule has 2 fully saturated rings. The van der Waals surface area contributed by atoms with Crippen LogP contribution in [0.5, 0.6) is 0 Å². The number of urea groups is 1. The summed E-state index contributed by atoms with van der Waals surface area (Å²) in [5, 5.41) is 8.38. The van der Waals surface area contributed by atoms with Crippen LogP contribution in [0.3, 0.4) is 0 Å². The van der Waals surface area contributed by atoms with Gasteiger partial charge in [-0.1, -0.05) is 0 Å². The van der Waals surface area contributed by atoms with Crippen molar-refractivity contribution in [2.45, 2.75) is 58.1 Å². The molecule has 0 unspecified atom stereocenters. The summed E-state index contributed by atoms with van der Waals surface area (Å²) >= 11 is 0. The van der Waals surface area contributed by atoms with E-state index < -0.39 is 0 Å². The summed E-state index contributed by atoms with van der Waals surface area (Å²) < 4.78 is 11.5. The number of aromatic nitrogens is 2. The first-order valence-electron chi connectivity index (χ1n) is 8.75. The lowest BCUT2D eigenvalue weighted by Gasteiger charge is -2.36. The quantitative estimate of drug-likeness (QED) is 0.852. The SMILES string of the molecule is CCN(CC)C(=O)N1CCCC[C@H]1c1nnc([C@H]2CCCO2)o1. The molecule has 0 saturated carbocycles. The van der Waals surface area contributed by atoms with Crippen LogP contribution in [-0.4, -0.2) is 52.3 Å². The summed E-state index contributed by atoms with van der Waals surface area (Å²) in [4.78, 5) is 16.5. The van der Waals surface area contributed by atoms with Crippen molar-refractivity contribution >= 4 is 6.03 Å². The lowest BCUT2D eigenvalue weighted by Crippen LogP contribution is -2.46. The first-order chi connectivity index (χ1) is 11.2. The van der Waals surface area contributed by atoms with E-state index in [1.807, 2.05) is 23.6 Å². The van der Waals surface area contributed by atoms with Gasteiger partial charge in [0.05, 0.1) is 0 Å². The Morgan fingerprint density at radius 1 is 1.17 bits per heavy atom. The molecule has 2 saturated heterocycles. The number of rotatable bonds is 4. The van der Waals surface area contributed by atoms with Gasteiger partial charge in [0.1, 0.15) is 12.1 Å². The molecule has 7 nitrogen and oxygen atoms in total. The van der Waals surface area contributed by atoms with Gasteiger partial charge < -0.3 is 19.0 Å². The third-order valence-corrected chi connectivity index (χ3v) is 4.73. The maximum absolute atomic E-state index is 12.7. The molecule has 2 aliphatic heterocycles. The molecule has 0 aliphatic carbocycles. The summed E-state index contributed by atoms with van der Waals surface area (Å²) in [5.41, 5.74) is 0. The van der Waals surface area contributed by atoms with Crippen LogP contribution in [-0.2, 0) is 4.74 Å². The average Bonchev–Trinajstić information content (AvgIpc) is 3.27. The molecule has 7 heteroatoms. The van der Waals surface area contributed by atoms with Crippen LogP contribution < -0.4 is 0 Å². The number of hydrogen-bond acceptors (Lipinski definition) is 5. The Labute approximate surface area is 137 Å². The maximum Gasteiger partial charge on any atom is 0.320 e. The summed E-state index contributed by atoms with van der Waals surface area (Å²) in [6.45, 7) is 6.92. The number of piperidine rings is 1. The van der Waals surface area contributed by atoms with Gasteiger partial charge >= 0.3 is 6.03 Å². The molecule has 2 aliphatic rings. The predicted molar refractivity (Wildman–Crippen MR) is 83.8 cm³/mol. The number of carbonyl (C=O) groups excluding carboxylic acids is 1. The zero-order valence-electron chi connectivity index (χ0n) is 14.0. The zero-order chi connectivity index (χ0) is 16.2. The zero-order valence-corrected chi connectivity index (χ0v) is 14.0. The standard InChI is InChI=1S/C16H26N4O3/c1-3-19(4-2)16(21)20-10-6-5-8-12(20)14-17-18-15(23-14)13-9-7-11-22-13/h12-13H,3-11H2,1-2H3/t12-,13+/m0/s1. The van der Waals surface area contributed by atoms with E-state index in [1.54, 1.807) is 0 Å². The average molecular weight is 322 g/mol. The second kappa shape index (κ2) is 7.29. The maximum atomic E-state index is 12.7. The fourth-order valence-electron chi connectivity index (χ4n) is 3.38. The van der Waals surface area contributed by atoms with Gasteiger partial charge in [0.25, 0.3) is 0 Å². The van der Waals surface area contributed by atoms with Crippen molar-refractivity contribution in [1.29, 1.82) is 0 Å². The summed E-state index contributed by atoms with van der Waals surface area (Å²) in [5.74, 6) is 1.11. The van der Waals surface area contributed by atoms with Gasteiger partial charge in [0.2, 0.25) is 11.8 Å². The van der Waals surface area contributed by atoms with Crippen LogP contribution in [0, 0.1) is 0 Å². The molecule has 3 heterocycles. The molecular weight excluding hydrogens is 296 g/mol. The third kappa shape index (κ3) is 3.34. The molecule has 23 heavy (non-hydrogen) atoms. The van der Waals surface area contributed by atoms with Gasteiger partial charge in [0, 0.05) is 26.2 Å². The molecule has 0 radical (unpaired) electrons. The fourth-order valence-corrected chi connectivity index (χ4v) is 3.38. The van der Waals surface area contributed by atoms with E-state index in [0.29, 0.717) is 24.9 Å². The largest absolute Gasteiger partial charge is 0.420 e. The normalized spacial score (nSPS) is 24.9. The second-order valence-electron chi connectivity index (χ2n) is 6.14. The summed E-state index contributed by atoms with van der Waals surface area (Å²) in [7, 11) is 0. The molecule has 1 aromatic rings. The Morgan fingerprint density at radius 3 is 2.65 bits per heavy atom. The minimum Gasteiger partial charge on any atom is -0.420 e. The highest BCUT2D eigenvalue weighted by Gasteiger charge is 2.34. The fraction of sp³-hybridized carbons (Fsp3) is 0.812. The Kier molecular flexibility index (Phi) is 5.15.